The van der Waals surface area contributed by atoms with Crippen molar-refractivity contribution in [2.75, 3.05) is 13.1 Å². The number of fused-ring (bicyclic) bond motifs is 1. The molecule has 0 saturated carbocycles. The van der Waals surface area contributed by atoms with E-state index in [1.54, 1.807) is 12.1 Å². The molecular weight excluding hydrogens is 451 g/mol. The summed E-state index contributed by atoms with van der Waals surface area (Å²) in [5.74, 6) is 0.574. The monoisotopic (exact) mass is 486 g/mol. The number of nitrogens with two attached hydrogens (primary N) is 1. The number of benzene rings is 3. The van der Waals surface area contributed by atoms with Gasteiger partial charge in [0.2, 0.25) is 0 Å². The van der Waals surface area contributed by atoms with Crippen molar-refractivity contribution in [3.63, 3.8) is 0 Å². The van der Waals surface area contributed by atoms with Gasteiger partial charge in [-0.25, -0.2) is 9.37 Å². The molecule has 1 aromatic heterocycles. The molecule has 2 N–H and O–H groups in total. The number of rotatable bonds is 9. The van der Waals surface area contributed by atoms with Gasteiger partial charge in [0.15, 0.2) is 0 Å². The summed E-state index contributed by atoms with van der Waals surface area (Å²) in [6, 6.07) is 20.2. The third-order valence-corrected chi connectivity index (χ3v) is 6.56. The molecule has 36 heavy (non-hydrogen) atoms. The topological polar surface area (TPSA) is 64.2 Å². The molecule has 0 radical (unpaired) electrons. The summed E-state index contributed by atoms with van der Waals surface area (Å²) in [5.41, 5.74) is 11.4. The van der Waals surface area contributed by atoms with Crippen LogP contribution in [0.15, 0.2) is 66.7 Å². The second kappa shape index (κ2) is 11.0. The Hall–Kier alpha value is -3.51. The second-order valence-corrected chi connectivity index (χ2v) is 9.87. The lowest BCUT2D eigenvalue weighted by Crippen LogP contribution is -2.40. The van der Waals surface area contributed by atoms with Crippen molar-refractivity contribution in [1.29, 1.82) is 0 Å². The van der Waals surface area contributed by atoms with E-state index < -0.39 is 0 Å². The number of amides is 1. The van der Waals surface area contributed by atoms with E-state index in [-0.39, 0.29) is 23.7 Å². The van der Waals surface area contributed by atoms with Crippen LogP contribution in [0.3, 0.4) is 0 Å². The molecule has 4 rings (SSSR count). The van der Waals surface area contributed by atoms with E-state index >= 15 is 0 Å². The van der Waals surface area contributed by atoms with Crippen molar-refractivity contribution in [2.24, 2.45) is 11.7 Å². The molecule has 0 aliphatic carbocycles. The van der Waals surface area contributed by atoms with Crippen LogP contribution < -0.4 is 5.73 Å². The van der Waals surface area contributed by atoms with Gasteiger partial charge in [-0.1, -0.05) is 49.7 Å². The van der Waals surface area contributed by atoms with Gasteiger partial charge in [-0.2, -0.15) is 0 Å². The Morgan fingerprint density at radius 2 is 1.75 bits per heavy atom. The lowest BCUT2D eigenvalue weighted by atomic mass is 9.99. The summed E-state index contributed by atoms with van der Waals surface area (Å²) in [6.45, 7) is 9.74. The van der Waals surface area contributed by atoms with Gasteiger partial charge in [-0.05, 0) is 80.3 Å². The van der Waals surface area contributed by atoms with Gasteiger partial charge in [0.25, 0.3) is 5.91 Å². The summed E-state index contributed by atoms with van der Waals surface area (Å²) >= 11 is 0. The first-order valence-corrected chi connectivity index (χ1v) is 12.6. The predicted molar refractivity (Wildman–Crippen MR) is 143 cm³/mol. The van der Waals surface area contributed by atoms with E-state index in [9.17, 15) is 9.18 Å². The smallest absolute Gasteiger partial charge is 0.254 e. The first-order valence-electron chi connectivity index (χ1n) is 12.6. The van der Waals surface area contributed by atoms with Crippen molar-refractivity contribution in [3.05, 3.63) is 101 Å². The predicted octanol–water partition coefficient (Wildman–Crippen LogP) is 6.03. The highest BCUT2D eigenvalue weighted by Crippen LogP contribution is 2.33. The van der Waals surface area contributed by atoms with Crippen LogP contribution in [-0.4, -0.2) is 33.4 Å². The van der Waals surface area contributed by atoms with Crippen LogP contribution in [0.1, 0.15) is 59.2 Å². The first kappa shape index (κ1) is 25.6. The number of aryl methyl sites for hydroxylation is 2. The van der Waals surface area contributed by atoms with Gasteiger partial charge in [0.05, 0.1) is 17.1 Å². The molecule has 1 heterocycles. The number of hydrogen-bond acceptors (Lipinski definition) is 3. The zero-order valence-corrected chi connectivity index (χ0v) is 21.5. The molecule has 188 valence electrons. The second-order valence-electron chi connectivity index (χ2n) is 9.87. The van der Waals surface area contributed by atoms with E-state index in [1.165, 1.54) is 6.07 Å². The fourth-order valence-electron chi connectivity index (χ4n) is 4.76. The van der Waals surface area contributed by atoms with Crippen LogP contribution >= 0.6 is 0 Å². The average Bonchev–Trinajstić information content (AvgIpc) is 3.18. The highest BCUT2D eigenvalue weighted by molar-refractivity contribution is 5.94. The minimum absolute atomic E-state index is 0.0392. The summed E-state index contributed by atoms with van der Waals surface area (Å²) in [6.07, 6.45) is 0.685. The fraction of sp³-hybridized carbons (Fsp3) is 0.333. The maximum absolute atomic E-state index is 14.0. The lowest BCUT2D eigenvalue weighted by molar-refractivity contribution is 0.0605. The molecule has 0 fully saturated rings. The van der Waals surface area contributed by atoms with Crippen molar-refractivity contribution < 1.29 is 9.18 Å². The van der Waals surface area contributed by atoms with Crippen molar-refractivity contribution in [3.8, 4) is 0 Å². The lowest BCUT2D eigenvalue weighted by Gasteiger charge is -2.34. The van der Waals surface area contributed by atoms with Gasteiger partial charge >= 0.3 is 0 Å². The molecule has 0 aliphatic heterocycles. The SMILES string of the molecule is Cc1ccc(C(=O)N(CCCN)[C@@H](c2nc3cc(C)ccc3n2Cc2cccc(F)c2)C(C)C)cc1. The van der Waals surface area contributed by atoms with Crippen LogP contribution in [0, 0.1) is 25.6 Å². The molecule has 0 aliphatic rings. The third-order valence-electron chi connectivity index (χ3n) is 6.56. The zero-order chi connectivity index (χ0) is 25.8. The molecule has 3 aromatic carbocycles. The highest BCUT2D eigenvalue weighted by atomic mass is 19.1. The van der Waals surface area contributed by atoms with E-state index in [0.29, 0.717) is 31.6 Å². The fourth-order valence-corrected chi connectivity index (χ4v) is 4.76. The van der Waals surface area contributed by atoms with E-state index in [0.717, 1.165) is 33.5 Å². The third kappa shape index (κ3) is 5.49. The Morgan fingerprint density at radius 3 is 2.42 bits per heavy atom. The molecular formula is C30H35FN4O. The number of carbonyl (C=O) groups excluding carboxylic acids is 1. The maximum Gasteiger partial charge on any atom is 0.254 e. The Kier molecular flexibility index (Phi) is 7.85. The van der Waals surface area contributed by atoms with Gasteiger partial charge < -0.3 is 15.2 Å². The molecule has 0 saturated heterocycles. The van der Waals surface area contributed by atoms with Crippen molar-refractivity contribution >= 4 is 16.9 Å². The largest absolute Gasteiger partial charge is 0.330 e. The van der Waals surface area contributed by atoms with Gasteiger partial charge in [-0.15, -0.1) is 0 Å². The van der Waals surface area contributed by atoms with Crippen molar-refractivity contribution in [2.45, 2.75) is 46.7 Å². The maximum atomic E-state index is 14.0. The number of nitrogens with zero attached hydrogens (tertiary/aromatic N) is 3. The standard InChI is InChI=1S/C30H35FN4O/c1-20(2)28(34(16-6-15-32)30(36)24-12-9-21(3)10-13-24)29-33-26-17-22(4)11-14-27(26)35(29)19-23-7-5-8-25(31)18-23/h5,7-14,17-18,20,28H,6,15-16,19,32H2,1-4H3/t28-/m1/s1. The Bertz CT molecular complexity index is 1340. The molecule has 0 unspecified atom stereocenters. The molecule has 0 spiro atoms. The van der Waals surface area contributed by atoms with Crippen LogP contribution in [0.25, 0.3) is 11.0 Å². The zero-order valence-electron chi connectivity index (χ0n) is 21.5. The Morgan fingerprint density at radius 1 is 1.03 bits per heavy atom. The van der Waals surface area contributed by atoms with Crippen LogP contribution in [0.2, 0.25) is 0 Å². The molecule has 5 nitrogen and oxygen atoms in total. The highest BCUT2D eigenvalue weighted by Gasteiger charge is 2.32. The Labute approximate surface area is 212 Å². The number of imidazole rings is 1. The van der Waals surface area contributed by atoms with Crippen LogP contribution in [-0.2, 0) is 6.54 Å². The van der Waals surface area contributed by atoms with E-state index in [2.05, 4.69) is 36.6 Å². The molecule has 0 bridgehead atoms. The van der Waals surface area contributed by atoms with Gasteiger partial charge in [0.1, 0.15) is 11.6 Å². The first-order chi connectivity index (χ1) is 17.3. The number of carbonyl (C=O) groups is 1. The summed E-state index contributed by atoms with van der Waals surface area (Å²) in [7, 11) is 0. The van der Waals surface area contributed by atoms with Gasteiger partial charge in [0, 0.05) is 18.7 Å². The summed E-state index contributed by atoms with van der Waals surface area (Å²) in [4.78, 5) is 20.9. The van der Waals surface area contributed by atoms with Crippen LogP contribution in [0.4, 0.5) is 4.39 Å². The quantitative estimate of drug-likeness (QED) is 0.314. The molecule has 4 aromatic rings. The normalized spacial score (nSPS) is 12.3. The minimum atomic E-state index is -0.286. The minimum Gasteiger partial charge on any atom is -0.330 e. The number of halogens is 1. The Balaban J connectivity index is 1.86. The van der Waals surface area contributed by atoms with E-state index in [1.807, 2.05) is 49.1 Å². The average molecular weight is 487 g/mol. The van der Waals surface area contributed by atoms with Crippen LogP contribution in [0.5, 0.6) is 0 Å². The van der Waals surface area contributed by atoms with Crippen molar-refractivity contribution in [1.82, 2.24) is 14.5 Å². The molecule has 1 atom stereocenters. The van der Waals surface area contributed by atoms with Gasteiger partial charge in [-0.3, -0.25) is 4.79 Å². The van der Waals surface area contributed by atoms with E-state index in [4.69, 9.17) is 10.7 Å². The summed E-state index contributed by atoms with van der Waals surface area (Å²) < 4.78 is 16.2. The molecule has 1 amide bonds. The number of aromatic nitrogens is 2. The number of hydrogen-bond donors (Lipinski definition) is 1. The molecule has 6 heteroatoms. The summed E-state index contributed by atoms with van der Waals surface area (Å²) in [5, 5.41) is 0.